The van der Waals surface area contributed by atoms with Gasteiger partial charge in [-0.05, 0) is 59.6 Å². The third-order valence-corrected chi connectivity index (χ3v) is 4.30. The molecule has 0 saturated heterocycles. The molecule has 0 spiro atoms. The molecule has 1 aliphatic heterocycles. The van der Waals surface area contributed by atoms with E-state index in [1.165, 1.54) is 5.56 Å². The van der Waals surface area contributed by atoms with Gasteiger partial charge < -0.3 is 10.8 Å². The standard InChI is InChI=1S/C18H19N3OS/c1-2-12-3-5-14(6-4-12)17-11-16(20-21(17)18(19)23)13-7-9-15(22)10-8-13/h3-10,17,22H,2,11H2,1H3,(H2,19,23)/t17-/m1/s1. The van der Waals surface area contributed by atoms with Crippen molar-refractivity contribution in [3.8, 4) is 5.75 Å². The molecule has 5 heteroatoms. The first-order valence-electron chi connectivity index (χ1n) is 7.63. The molecule has 1 atom stereocenters. The minimum absolute atomic E-state index is 0.0159. The summed E-state index contributed by atoms with van der Waals surface area (Å²) in [4.78, 5) is 0. The highest BCUT2D eigenvalue weighted by Crippen LogP contribution is 2.33. The largest absolute Gasteiger partial charge is 0.508 e. The van der Waals surface area contributed by atoms with E-state index in [4.69, 9.17) is 18.0 Å². The molecule has 0 fully saturated rings. The number of rotatable bonds is 3. The van der Waals surface area contributed by atoms with Crippen molar-refractivity contribution in [3.63, 3.8) is 0 Å². The van der Waals surface area contributed by atoms with Crippen molar-refractivity contribution in [2.75, 3.05) is 0 Å². The summed E-state index contributed by atoms with van der Waals surface area (Å²) < 4.78 is 0. The molecule has 0 aromatic heterocycles. The molecule has 2 aromatic carbocycles. The maximum Gasteiger partial charge on any atom is 0.187 e. The molecule has 118 valence electrons. The van der Waals surface area contributed by atoms with Crippen molar-refractivity contribution in [1.82, 2.24) is 5.01 Å². The van der Waals surface area contributed by atoms with Gasteiger partial charge in [0, 0.05) is 6.42 Å². The Balaban J connectivity index is 1.90. The first-order chi connectivity index (χ1) is 11.1. The van der Waals surface area contributed by atoms with Crippen LogP contribution in [0.1, 0.15) is 36.1 Å². The molecule has 4 nitrogen and oxygen atoms in total. The highest BCUT2D eigenvalue weighted by molar-refractivity contribution is 7.80. The number of aryl methyl sites for hydroxylation is 1. The highest BCUT2D eigenvalue weighted by Gasteiger charge is 2.30. The number of benzene rings is 2. The van der Waals surface area contributed by atoms with Crippen LogP contribution in [0.2, 0.25) is 0 Å². The number of aromatic hydroxyl groups is 1. The molecule has 0 radical (unpaired) electrons. The predicted molar refractivity (Wildman–Crippen MR) is 96.4 cm³/mol. The summed E-state index contributed by atoms with van der Waals surface area (Å²) >= 11 is 5.16. The van der Waals surface area contributed by atoms with Gasteiger partial charge in [0.1, 0.15) is 5.75 Å². The van der Waals surface area contributed by atoms with Crippen LogP contribution in [0.5, 0.6) is 5.75 Å². The van der Waals surface area contributed by atoms with Crippen molar-refractivity contribution < 1.29 is 5.11 Å². The fourth-order valence-electron chi connectivity index (χ4n) is 2.78. The second kappa shape index (κ2) is 6.38. The zero-order valence-corrected chi connectivity index (χ0v) is 13.8. The van der Waals surface area contributed by atoms with E-state index in [1.54, 1.807) is 17.1 Å². The molecule has 2 aromatic rings. The quantitative estimate of drug-likeness (QED) is 0.850. The summed E-state index contributed by atoms with van der Waals surface area (Å²) in [7, 11) is 0. The van der Waals surface area contributed by atoms with Crippen LogP contribution < -0.4 is 5.73 Å². The van der Waals surface area contributed by atoms with Gasteiger partial charge in [0.15, 0.2) is 5.11 Å². The van der Waals surface area contributed by atoms with E-state index in [1.807, 2.05) is 12.1 Å². The lowest BCUT2D eigenvalue weighted by Crippen LogP contribution is -2.31. The van der Waals surface area contributed by atoms with Gasteiger partial charge in [0.25, 0.3) is 0 Å². The normalized spacial score (nSPS) is 17.2. The number of nitrogens with zero attached hydrogens (tertiary/aromatic N) is 2. The smallest absolute Gasteiger partial charge is 0.187 e. The predicted octanol–water partition coefficient (Wildman–Crippen LogP) is 3.35. The van der Waals surface area contributed by atoms with Gasteiger partial charge in [-0.1, -0.05) is 31.2 Å². The summed E-state index contributed by atoms with van der Waals surface area (Å²) in [6, 6.07) is 15.5. The van der Waals surface area contributed by atoms with Crippen LogP contribution in [0, 0.1) is 0 Å². The van der Waals surface area contributed by atoms with Crippen molar-refractivity contribution in [3.05, 3.63) is 65.2 Å². The molecule has 0 unspecified atom stereocenters. The third kappa shape index (κ3) is 3.19. The van der Waals surface area contributed by atoms with Crippen LogP contribution in [-0.2, 0) is 6.42 Å². The first-order valence-corrected chi connectivity index (χ1v) is 8.03. The molecule has 0 amide bonds. The van der Waals surface area contributed by atoms with E-state index in [0.717, 1.165) is 29.7 Å². The Labute approximate surface area is 141 Å². The minimum atomic E-state index is 0.0159. The number of thiocarbonyl (C=S) groups is 1. The lowest BCUT2D eigenvalue weighted by molar-refractivity contribution is 0.372. The molecule has 1 heterocycles. The topological polar surface area (TPSA) is 61.9 Å². The second-order valence-electron chi connectivity index (χ2n) is 5.59. The van der Waals surface area contributed by atoms with E-state index in [2.05, 4.69) is 36.3 Å². The monoisotopic (exact) mass is 325 g/mol. The number of phenolic OH excluding ortho intramolecular Hbond substituents is 1. The van der Waals surface area contributed by atoms with Gasteiger partial charge in [-0.3, -0.25) is 0 Å². The SMILES string of the molecule is CCc1ccc([C@H]2CC(c3ccc(O)cc3)=NN2C(N)=S)cc1. The van der Waals surface area contributed by atoms with Crippen LogP contribution in [0.3, 0.4) is 0 Å². The fourth-order valence-corrected chi connectivity index (χ4v) is 2.95. The molecular formula is C18H19N3OS. The number of hydrogen-bond acceptors (Lipinski definition) is 3. The Hall–Kier alpha value is -2.40. The van der Waals surface area contributed by atoms with Crippen molar-refractivity contribution in [2.24, 2.45) is 10.8 Å². The van der Waals surface area contributed by atoms with Gasteiger partial charge in [0.2, 0.25) is 0 Å². The van der Waals surface area contributed by atoms with Gasteiger partial charge in [-0.2, -0.15) is 5.10 Å². The summed E-state index contributed by atoms with van der Waals surface area (Å²) in [5, 5.41) is 16.0. The second-order valence-corrected chi connectivity index (χ2v) is 6.01. The van der Waals surface area contributed by atoms with Gasteiger partial charge in [-0.25, -0.2) is 5.01 Å². The molecule has 3 rings (SSSR count). The zero-order chi connectivity index (χ0) is 16.4. The summed E-state index contributed by atoms with van der Waals surface area (Å²) in [6.07, 6.45) is 1.74. The van der Waals surface area contributed by atoms with Crippen LogP contribution in [-0.4, -0.2) is 20.9 Å². The Bertz CT molecular complexity index is 738. The average Bonchev–Trinajstić information content (AvgIpc) is 3.01. The zero-order valence-electron chi connectivity index (χ0n) is 12.9. The molecule has 23 heavy (non-hydrogen) atoms. The van der Waals surface area contributed by atoms with Crippen molar-refractivity contribution in [1.29, 1.82) is 0 Å². The maximum absolute atomic E-state index is 9.43. The number of phenols is 1. The molecule has 1 aliphatic rings. The Kier molecular flexibility index (Phi) is 4.30. The summed E-state index contributed by atoms with van der Waals surface area (Å²) in [5.74, 6) is 0.241. The highest BCUT2D eigenvalue weighted by atomic mass is 32.1. The third-order valence-electron chi connectivity index (χ3n) is 4.11. The Morgan fingerprint density at radius 3 is 2.43 bits per heavy atom. The van der Waals surface area contributed by atoms with Crippen LogP contribution in [0.15, 0.2) is 53.6 Å². The van der Waals surface area contributed by atoms with E-state index >= 15 is 0 Å². The van der Waals surface area contributed by atoms with E-state index in [9.17, 15) is 5.11 Å². The lowest BCUT2D eigenvalue weighted by atomic mass is 9.97. The fraction of sp³-hybridized carbons (Fsp3) is 0.222. The van der Waals surface area contributed by atoms with Crippen LogP contribution >= 0.6 is 12.2 Å². The molecule has 0 aliphatic carbocycles. The lowest BCUT2D eigenvalue weighted by Gasteiger charge is -2.22. The van der Waals surface area contributed by atoms with Gasteiger partial charge in [0.05, 0.1) is 11.8 Å². The summed E-state index contributed by atoms with van der Waals surface area (Å²) in [5.41, 5.74) is 10.2. The van der Waals surface area contributed by atoms with Crippen molar-refractivity contribution in [2.45, 2.75) is 25.8 Å². The molecule has 0 bridgehead atoms. The average molecular weight is 325 g/mol. The van der Waals surface area contributed by atoms with Gasteiger partial charge >= 0.3 is 0 Å². The first kappa shape index (κ1) is 15.5. The van der Waals surface area contributed by atoms with E-state index < -0.39 is 0 Å². The van der Waals surface area contributed by atoms with E-state index in [-0.39, 0.29) is 16.9 Å². The van der Waals surface area contributed by atoms with Crippen molar-refractivity contribution >= 4 is 23.0 Å². The summed E-state index contributed by atoms with van der Waals surface area (Å²) in [6.45, 7) is 2.14. The van der Waals surface area contributed by atoms with Crippen LogP contribution in [0.4, 0.5) is 0 Å². The Morgan fingerprint density at radius 1 is 1.22 bits per heavy atom. The number of hydrogen-bond donors (Lipinski definition) is 2. The number of nitrogens with two attached hydrogens (primary N) is 1. The van der Waals surface area contributed by atoms with E-state index in [0.29, 0.717) is 0 Å². The molecular weight excluding hydrogens is 306 g/mol. The Morgan fingerprint density at radius 2 is 1.87 bits per heavy atom. The minimum Gasteiger partial charge on any atom is -0.508 e. The van der Waals surface area contributed by atoms with Crippen LogP contribution in [0.25, 0.3) is 0 Å². The number of hydrazone groups is 1. The van der Waals surface area contributed by atoms with Gasteiger partial charge in [-0.15, -0.1) is 0 Å². The molecule has 3 N–H and O–H groups in total. The molecule has 0 saturated carbocycles. The maximum atomic E-state index is 9.43.